The molecule has 9 heteroatoms. The Bertz CT molecular complexity index is 760. The van der Waals surface area contributed by atoms with Gasteiger partial charge in [0.15, 0.2) is 5.96 Å². The number of aliphatic imine (C=N–C) groups is 1. The summed E-state index contributed by atoms with van der Waals surface area (Å²) in [5.74, 6) is 1.32. The molecule has 0 aliphatic carbocycles. The van der Waals surface area contributed by atoms with Gasteiger partial charge in [0.25, 0.3) is 0 Å². The first kappa shape index (κ1) is 23.3. The molecule has 9 nitrogen and oxygen atoms in total. The van der Waals surface area contributed by atoms with E-state index >= 15 is 0 Å². The summed E-state index contributed by atoms with van der Waals surface area (Å²) in [4.78, 5) is 29.5. The Morgan fingerprint density at radius 3 is 2.73 bits per heavy atom. The number of nitrogens with zero attached hydrogens (tertiary/aromatic N) is 2. The number of hydrogen-bond donors (Lipinski definition) is 3. The van der Waals surface area contributed by atoms with E-state index in [4.69, 9.17) is 9.47 Å². The van der Waals surface area contributed by atoms with Gasteiger partial charge in [0.05, 0.1) is 12.6 Å². The molecule has 0 saturated carbocycles. The lowest BCUT2D eigenvalue weighted by molar-refractivity contribution is -0.114. The van der Waals surface area contributed by atoms with Crippen molar-refractivity contribution < 1.29 is 19.1 Å². The van der Waals surface area contributed by atoms with Crippen LogP contribution in [0.15, 0.2) is 29.3 Å². The van der Waals surface area contributed by atoms with Gasteiger partial charge in [-0.25, -0.2) is 4.79 Å². The average Bonchev–Trinajstić information content (AvgIpc) is 3.08. The van der Waals surface area contributed by atoms with Crippen molar-refractivity contribution in [1.82, 2.24) is 15.5 Å². The zero-order valence-electron chi connectivity index (χ0n) is 18.4. The number of rotatable bonds is 6. The first-order chi connectivity index (χ1) is 14.2. The van der Waals surface area contributed by atoms with Gasteiger partial charge in [-0.05, 0) is 39.3 Å². The lowest BCUT2D eigenvalue weighted by Crippen LogP contribution is -2.44. The highest BCUT2D eigenvalue weighted by Gasteiger charge is 2.27. The summed E-state index contributed by atoms with van der Waals surface area (Å²) in [5.41, 5.74) is 0.186. The highest BCUT2D eigenvalue weighted by Crippen LogP contribution is 2.17. The van der Waals surface area contributed by atoms with Crippen molar-refractivity contribution in [3.05, 3.63) is 24.3 Å². The van der Waals surface area contributed by atoms with E-state index in [1.807, 2.05) is 39.0 Å². The highest BCUT2D eigenvalue weighted by molar-refractivity contribution is 5.88. The van der Waals surface area contributed by atoms with Crippen LogP contribution in [-0.2, 0) is 9.53 Å². The first-order valence-electron chi connectivity index (χ1n) is 10.1. The minimum Gasteiger partial charge on any atom is -0.492 e. The Balaban J connectivity index is 1.74. The van der Waals surface area contributed by atoms with Crippen molar-refractivity contribution in [2.24, 2.45) is 4.99 Å². The van der Waals surface area contributed by atoms with Crippen LogP contribution in [-0.4, -0.2) is 67.8 Å². The maximum absolute atomic E-state index is 12.0. The van der Waals surface area contributed by atoms with Gasteiger partial charge >= 0.3 is 6.09 Å². The Labute approximate surface area is 178 Å². The van der Waals surface area contributed by atoms with Gasteiger partial charge in [-0.1, -0.05) is 6.07 Å². The van der Waals surface area contributed by atoms with Crippen LogP contribution in [0, 0.1) is 0 Å². The molecule has 1 aliphatic rings. The van der Waals surface area contributed by atoms with Crippen LogP contribution in [0.2, 0.25) is 0 Å². The molecular weight excluding hydrogens is 386 g/mol. The molecule has 0 aromatic heterocycles. The van der Waals surface area contributed by atoms with Crippen molar-refractivity contribution >= 4 is 23.6 Å². The van der Waals surface area contributed by atoms with E-state index in [0.29, 0.717) is 31.1 Å². The van der Waals surface area contributed by atoms with Gasteiger partial charge in [0.2, 0.25) is 5.91 Å². The third kappa shape index (κ3) is 8.18. The average molecular weight is 420 g/mol. The molecule has 166 valence electrons. The topological polar surface area (TPSA) is 104 Å². The number of carbonyl (C=O) groups excluding carboxylic acids is 2. The third-order valence-corrected chi connectivity index (χ3v) is 4.23. The molecular formula is C21H33N5O4. The van der Waals surface area contributed by atoms with E-state index in [2.05, 4.69) is 25.8 Å². The Morgan fingerprint density at radius 2 is 2.07 bits per heavy atom. The van der Waals surface area contributed by atoms with Crippen molar-refractivity contribution in [3.8, 4) is 5.75 Å². The number of hydrogen-bond acceptors (Lipinski definition) is 5. The molecule has 2 amide bonds. The van der Waals surface area contributed by atoms with Gasteiger partial charge in [0, 0.05) is 38.8 Å². The lowest BCUT2D eigenvalue weighted by atomic mass is 10.2. The van der Waals surface area contributed by atoms with Crippen LogP contribution < -0.4 is 20.7 Å². The van der Waals surface area contributed by atoms with Gasteiger partial charge in [-0.3, -0.25) is 9.79 Å². The van der Waals surface area contributed by atoms with E-state index in [-0.39, 0.29) is 11.9 Å². The van der Waals surface area contributed by atoms with Crippen LogP contribution in [0.3, 0.4) is 0 Å². The zero-order valence-corrected chi connectivity index (χ0v) is 18.4. The van der Waals surface area contributed by atoms with Crippen molar-refractivity contribution in [1.29, 1.82) is 0 Å². The van der Waals surface area contributed by atoms with E-state index < -0.39 is 11.7 Å². The fourth-order valence-corrected chi connectivity index (χ4v) is 3.08. The van der Waals surface area contributed by atoms with Crippen LogP contribution in [0.4, 0.5) is 10.5 Å². The molecule has 1 unspecified atom stereocenters. The molecule has 1 fully saturated rings. The predicted molar refractivity (Wildman–Crippen MR) is 117 cm³/mol. The summed E-state index contributed by atoms with van der Waals surface area (Å²) in [7, 11) is 1.73. The number of benzene rings is 1. The normalized spacial score (nSPS) is 16.8. The SMILES string of the molecule is CN=C(NCCOc1cccc(NC(C)=O)c1)N1CCC(NC(=O)OC(C)(C)C)C1. The van der Waals surface area contributed by atoms with Gasteiger partial charge in [-0.15, -0.1) is 0 Å². The molecule has 3 N–H and O–H groups in total. The maximum Gasteiger partial charge on any atom is 0.407 e. The standard InChI is InChI=1S/C21H33N5O4/c1-15(27)24-16-7-6-8-18(13-16)29-12-10-23-19(22-5)26-11-9-17(14-26)25-20(28)30-21(2,3)4/h6-8,13,17H,9-12,14H2,1-5H3,(H,22,23)(H,24,27)(H,25,28). The van der Waals surface area contributed by atoms with Gasteiger partial charge in [0.1, 0.15) is 18.0 Å². The Kier molecular flexibility index (Phi) is 8.32. The Hall–Kier alpha value is -2.97. The summed E-state index contributed by atoms with van der Waals surface area (Å²) in [6.07, 6.45) is 0.430. The van der Waals surface area contributed by atoms with E-state index in [9.17, 15) is 9.59 Å². The second-order valence-electron chi connectivity index (χ2n) is 8.11. The number of ether oxygens (including phenoxy) is 2. The van der Waals surface area contributed by atoms with Crippen molar-refractivity contribution in [2.75, 3.05) is 38.6 Å². The highest BCUT2D eigenvalue weighted by atomic mass is 16.6. The van der Waals surface area contributed by atoms with Crippen molar-refractivity contribution in [3.63, 3.8) is 0 Å². The predicted octanol–water partition coefficient (Wildman–Crippen LogP) is 2.20. The summed E-state index contributed by atoms with van der Waals surface area (Å²) >= 11 is 0. The first-order valence-corrected chi connectivity index (χ1v) is 10.1. The summed E-state index contributed by atoms with van der Waals surface area (Å²) in [6, 6.07) is 7.28. The fourth-order valence-electron chi connectivity index (χ4n) is 3.08. The number of alkyl carbamates (subject to hydrolysis) is 1. The molecule has 2 rings (SSSR count). The zero-order chi connectivity index (χ0) is 22.1. The van der Waals surface area contributed by atoms with Crippen LogP contribution in [0.5, 0.6) is 5.75 Å². The number of likely N-dealkylation sites (tertiary alicyclic amines) is 1. The second-order valence-corrected chi connectivity index (χ2v) is 8.11. The number of guanidine groups is 1. The minimum absolute atomic E-state index is 0.0196. The third-order valence-electron chi connectivity index (χ3n) is 4.23. The maximum atomic E-state index is 12.0. The molecule has 1 aromatic rings. The number of carbonyl (C=O) groups is 2. The summed E-state index contributed by atoms with van der Waals surface area (Å²) in [6.45, 7) is 9.47. The molecule has 1 aliphatic heterocycles. The van der Waals surface area contributed by atoms with Crippen molar-refractivity contribution in [2.45, 2.75) is 45.8 Å². The molecule has 0 spiro atoms. The Morgan fingerprint density at radius 1 is 1.30 bits per heavy atom. The van der Waals surface area contributed by atoms with Crippen LogP contribution in [0.1, 0.15) is 34.1 Å². The van der Waals surface area contributed by atoms with Gasteiger partial charge < -0.3 is 30.3 Å². The van der Waals surface area contributed by atoms with E-state index in [1.165, 1.54) is 6.92 Å². The minimum atomic E-state index is -0.512. The van der Waals surface area contributed by atoms with E-state index in [1.54, 1.807) is 13.1 Å². The second kappa shape index (κ2) is 10.7. The monoisotopic (exact) mass is 419 g/mol. The molecule has 1 heterocycles. The number of anilines is 1. The smallest absolute Gasteiger partial charge is 0.407 e. The molecule has 0 bridgehead atoms. The molecule has 1 saturated heterocycles. The number of amides is 2. The van der Waals surface area contributed by atoms with E-state index in [0.717, 1.165) is 18.9 Å². The molecule has 1 atom stereocenters. The fraction of sp³-hybridized carbons (Fsp3) is 0.571. The summed E-state index contributed by atoms with van der Waals surface area (Å²) < 4.78 is 11.1. The lowest BCUT2D eigenvalue weighted by Gasteiger charge is -2.23. The van der Waals surface area contributed by atoms with Crippen LogP contribution >= 0.6 is 0 Å². The quantitative estimate of drug-likeness (QED) is 0.371. The molecule has 0 radical (unpaired) electrons. The van der Waals surface area contributed by atoms with Crippen LogP contribution in [0.25, 0.3) is 0 Å². The largest absolute Gasteiger partial charge is 0.492 e. The molecule has 1 aromatic carbocycles. The number of nitrogens with one attached hydrogen (secondary N) is 3. The van der Waals surface area contributed by atoms with Gasteiger partial charge in [-0.2, -0.15) is 0 Å². The summed E-state index contributed by atoms with van der Waals surface area (Å²) in [5, 5.41) is 8.92. The molecule has 30 heavy (non-hydrogen) atoms.